The van der Waals surface area contributed by atoms with Crippen molar-refractivity contribution in [2.75, 3.05) is 13.1 Å². The Hall–Kier alpha value is -0.310. The van der Waals surface area contributed by atoms with Crippen LogP contribution < -0.4 is 5.32 Å². The van der Waals surface area contributed by atoms with Crippen molar-refractivity contribution in [3.63, 3.8) is 0 Å². The molecule has 0 radical (unpaired) electrons. The van der Waals surface area contributed by atoms with E-state index in [1.54, 1.807) is 0 Å². The van der Waals surface area contributed by atoms with Crippen LogP contribution in [0.3, 0.4) is 0 Å². The van der Waals surface area contributed by atoms with E-state index in [4.69, 9.17) is 12.2 Å². The number of nitrogens with one attached hydrogen (secondary N) is 1. The molecule has 0 spiro atoms. The molecular weight excluding hydrogens is 216 g/mol. The van der Waals surface area contributed by atoms with Crippen LogP contribution in [-0.4, -0.2) is 29.1 Å². The summed E-state index contributed by atoms with van der Waals surface area (Å²) in [6.07, 6.45) is 6.21. The maximum atomic E-state index is 5.43. The molecule has 16 heavy (non-hydrogen) atoms. The van der Waals surface area contributed by atoms with Crippen LogP contribution in [0.15, 0.2) is 0 Å². The van der Waals surface area contributed by atoms with Crippen molar-refractivity contribution >= 4 is 17.3 Å². The van der Waals surface area contributed by atoms with E-state index in [1.165, 1.54) is 32.1 Å². The number of nitrogens with zero attached hydrogens (tertiary/aromatic N) is 1. The Morgan fingerprint density at radius 1 is 1.12 bits per heavy atom. The SMILES string of the molecule is CCCCCN(C(=S)NCCCC)C(C)C. The largest absolute Gasteiger partial charge is 0.363 e. The van der Waals surface area contributed by atoms with Gasteiger partial charge in [-0.1, -0.05) is 33.1 Å². The lowest BCUT2D eigenvalue weighted by molar-refractivity contribution is 0.335. The molecule has 0 aliphatic carbocycles. The fourth-order valence-electron chi connectivity index (χ4n) is 1.60. The highest BCUT2D eigenvalue weighted by molar-refractivity contribution is 7.80. The highest BCUT2D eigenvalue weighted by atomic mass is 32.1. The van der Waals surface area contributed by atoms with Gasteiger partial charge >= 0.3 is 0 Å². The molecule has 0 heterocycles. The first kappa shape index (κ1) is 15.7. The van der Waals surface area contributed by atoms with Gasteiger partial charge in [-0.2, -0.15) is 0 Å². The van der Waals surface area contributed by atoms with Crippen molar-refractivity contribution in [3.05, 3.63) is 0 Å². The van der Waals surface area contributed by atoms with E-state index in [1.807, 2.05) is 0 Å². The van der Waals surface area contributed by atoms with Crippen molar-refractivity contribution in [2.24, 2.45) is 0 Å². The lowest BCUT2D eigenvalue weighted by Crippen LogP contribution is -2.44. The molecule has 2 nitrogen and oxygen atoms in total. The van der Waals surface area contributed by atoms with Gasteiger partial charge in [0.15, 0.2) is 5.11 Å². The predicted octanol–water partition coefficient (Wildman–Crippen LogP) is 3.56. The van der Waals surface area contributed by atoms with E-state index < -0.39 is 0 Å². The standard InChI is InChI=1S/C13H28N2S/c1-5-7-9-11-15(12(3)4)13(16)14-10-8-6-2/h12H,5-11H2,1-4H3,(H,14,16). The lowest BCUT2D eigenvalue weighted by atomic mass is 10.2. The van der Waals surface area contributed by atoms with Crippen LogP contribution in [0.1, 0.15) is 59.8 Å². The fraction of sp³-hybridized carbons (Fsp3) is 0.923. The normalized spacial score (nSPS) is 10.6. The Bertz CT molecular complexity index is 181. The minimum Gasteiger partial charge on any atom is -0.363 e. The molecule has 0 aromatic carbocycles. The van der Waals surface area contributed by atoms with E-state index in [9.17, 15) is 0 Å². The Balaban J connectivity index is 3.93. The van der Waals surface area contributed by atoms with Gasteiger partial charge in [0.2, 0.25) is 0 Å². The van der Waals surface area contributed by atoms with Gasteiger partial charge in [-0.15, -0.1) is 0 Å². The maximum absolute atomic E-state index is 5.43. The van der Waals surface area contributed by atoms with E-state index in [2.05, 4.69) is 37.9 Å². The molecule has 0 aliphatic rings. The van der Waals surface area contributed by atoms with Crippen molar-refractivity contribution in [2.45, 2.75) is 65.8 Å². The molecule has 0 bridgehead atoms. The Morgan fingerprint density at radius 2 is 1.75 bits per heavy atom. The zero-order valence-corrected chi connectivity index (χ0v) is 12.2. The lowest BCUT2D eigenvalue weighted by Gasteiger charge is -2.29. The van der Waals surface area contributed by atoms with Crippen LogP contribution in [0.2, 0.25) is 0 Å². The van der Waals surface area contributed by atoms with Gasteiger partial charge in [-0.05, 0) is 38.9 Å². The first-order valence-electron chi connectivity index (χ1n) is 6.67. The summed E-state index contributed by atoms with van der Waals surface area (Å²) in [7, 11) is 0. The summed E-state index contributed by atoms with van der Waals surface area (Å²) >= 11 is 5.43. The van der Waals surface area contributed by atoms with Crippen molar-refractivity contribution in [1.29, 1.82) is 0 Å². The minimum atomic E-state index is 0.499. The second kappa shape index (κ2) is 9.88. The van der Waals surface area contributed by atoms with Crippen LogP contribution in [0.25, 0.3) is 0 Å². The molecule has 0 amide bonds. The van der Waals surface area contributed by atoms with Crippen LogP contribution in [-0.2, 0) is 0 Å². The molecule has 0 saturated carbocycles. The van der Waals surface area contributed by atoms with Crippen molar-refractivity contribution in [1.82, 2.24) is 10.2 Å². The fourth-order valence-corrected chi connectivity index (χ4v) is 2.00. The smallest absolute Gasteiger partial charge is 0.169 e. The topological polar surface area (TPSA) is 15.3 Å². The number of rotatable bonds is 8. The minimum absolute atomic E-state index is 0.499. The molecule has 0 unspecified atom stereocenters. The molecule has 0 saturated heterocycles. The van der Waals surface area contributed by atoms with E-state index in [0.29, 0.717) is 6.04 Å². The predicted molar refractivity (Wildman–Crippen MR) is 76.9 cm³/mol. The van der Waals surface area contributed by atoms with Crippen LogP contribution in [0.5, 0.6) is 0 Å². The highest BCUT2D eigenvalue weighted by Gasteiger charge is 2.11. The van der Waals surface area contributed by atoms with Gasteiger partial charge in [0.05, 0.1) is 0 Å². The third-order valence-corrected chi connectivity index (χ3v) is 3.07. The summed E-state index contributed by atoms with van der Waals surface area (Å²) in [5.74, 6) is 0. The summed E-state index contributed by atoms with van der Waals surface area (Å²) in [5, 5.41) is 4.28. The Morgan fingerprint density at radius 3 is 2.25 bits per heavy atom. The second-order valence-electron chi connectivity index (χ2n) is 4.58. The molecule has 0 aromatic rings. The Kier molecular flexibility index (Phi) is 9.69. The molecule has 1 N–H and O–H groups in total. The van der Waals surface area contributed by atoms with Crippen LogP contribution in [0, 0.1) is 0 Å². The molecular formula is C13H28N2S. The summed E-state index contributed by atoms with van der Waals surface area (Å²) in [6, 6.07) is 0.499. The van der Waals surface area contributed by atoms with Gasteiger partial charge in [0.25, 0.3) is 0 Å². The van der Waals surface area contributed by atoms with Gasteiger partial charge < -0.3 is 10.2 Å². The second-order valence-corrected chi connectivity index (χ2v) is 4.97. The molecule has 0 fully saturated rings. The number of unbranched alkanes of at least 4 members (excludes halogenated alkanes) is 3. The number of hydrogen-bond acceptors (Lipinski definition) is 1. The van der Waals surface area contributed by atoms with E-state index in [0.717, 1.165) is 18.2 Å². The van der Waals surface area contributed by atoms with Gasteiger partial charge in [0.1, 0.15) is 0 Å². The van der Waals surface area contributed by atoms with Gasteiger partial charge in [-0.3, -0.25) is 0 Å². The third-order valence-electron chi connectivity index (χ3n) is 2.69. The van der Waals surface area contributed by atoms with Crippen molar-refractivity contribution in [3.8, 4) is 0 Å². The molecule has 0 atom stereocenters. The van der Waals surface area contributed by atoms with Crippen LogP contribution in [0.4, 0.5) is 0 Å². The number of thiocarbonyl (C=S) groups is 1. The first-order chi connectivity index (χ1) is 7.63. The quantitative estimate of drug-likeness (QED) is 0.519. The monoisotopic (exact) mass is 244 g/mol. The molecule has 0 rings (SSSR count). The molecule has 0 aromatic heterocycles. The van der Waals surface area contributed by atoms with Crippen molar-refractivity contribution < 1.29 is 0 Å². The number of hydrogen-bond donors (Lipinski definition) is 1. The Labute approximate surface area is 107 Å². The average molecular weight is 244 g/mol. The molecule has 0 aliphatic heterocycles. The zero-order valence-electron chi connectivity index (χ0n) is 11.4. The molecule has 3 heteroatoms. The summed E-state index contributed by atoms with van der Waals surface area (Å²) in [4.78, 5) is 2.31. The maximum Gasteiger partial charge on any atom is 0.169 e. The van der Waals surface area contributed by atoms with Crippen LogP contribution >= 0.6 is 12.2 Å². The van der Waals surface area contributed by atoms with Gasteiger partial charge in [0, 0.05) is 19.1 Å². The average Bonchev–Trinajstić information content (AvgIpc) is 2.24. The summed E-state index contributed by atoms with van der Waals surface area (Å²) in [5.41, 5.74) is 0. The first-order valence-corrected chi connectivity index (χ1v) is 7.08. The highest BCUT2D eigenvalue weighted by Crippen LogP contribution is 2.04. The van der Waals surface area contributed by atoms with Gasteiger partial charge in [-0.25, -0.2) is 0 Å². The van der Waals surface area contributed by atoms with E-state index in [-0.39, 0.29) is 0 Å². The summed E-state index contributed by atoms with van der Waals surface area (Å²) in [6.45, 7) is 10.9. The zero-order chi connectivity index (χ0) is 12.4. The third kappa shape index (κ3) is 7.04. The molecule has 96 valence electrons. The summed E-state index contributed by atoms with van der Waals surface area (Å²) < 4.78 is 0. The van der Waals surface area contributed by atoms with E-state index >= 15 is 0 Å².